The van der Waals surface area contributed by atoms with Crippen LogP contribution in [0, 0.1) is 0 Å². The first-order chi connectivity index (χ1) is 16.8. The van der Waals surface area contributed by atoms with Crippen molar-refractivity contribution >= 4 is 46.3 Å². The zero-order chi connectivity index (χ0) is 25.1. The van der Waals surface area contributed by atoms with Crippen LogP contribution < -0.4 is 4.74 Å². The predicted octanol–water partition coefficient (Wildman–Crippen LogP) is 5.35. The molecule has 9 heteroatoms. The minimum Gasteiger partial charge on any atom is -0.494 e. The Balaban J connectivity index is 1.83. The van der Waals surface area contributed by atoms with Gasteiger partial charge in [0.25, 0.3) is 5.91 Å². The van der Waals surface area contributed by atoms with Gasteiger partial charge in [-0.05, 0) is 54.8 Å². The standard InChI is InChI=1S/C26H25N3O4S2/c1-4-33-21-11-10-17(12-20(21)16(2)3)24-18(14-29(27-24)19-8-6-5-7-9-19)13-22-25(32)28(15-23(30)31)26(34)35-22/h5-14,16H,4,15H2,1-3H3,(H,30,31)/b22-13-. The average Bonchev–Trinajstić information content (AvgIpc) is 3.36. The van der Waals surface area contributed by atoms with E-state index < -0.39 is 18.4 Å². The Kier molecular flexibility index (Phi) is 7.37. The van der Waals surface area contributed by atoms with Gasteiger partial charge >= 0.3 is 5.97 Å². The number of carboxylic acids is 1. The molecule has 35 heavy (non-hydrogen) atoms. The number of amides is 1. The van der Waals surface area contributed by atoms with Gasteiger partial charge < -0.3 is 9.84 Å². The summed E-state index contributed by atoms with van der Waals surface area (Å²) in [5, 5.41) is 14.0. The topological polar surface area (TPSA) is 84.7 Å². The predicted molar refractivity (Wildman–Crippen MR) is 142 cm³/mol. The summed E-state index contributed by atoms with van der Waals surface area (Å²) in [6.45, 7) is 6.29. The van der Waals surface area contributed by atoms with E-state index >= 15 is 0 Å². The quantitative estimate of drug-likeness (QED) is 0.325. The fourth-order valence-corrected chi connectivity index (χ4v) is 5.02. The molecule has 2 heterocycles. The summed E-state index contributed by atoms with van der Waals surface area (Å²) in [5.74, 6) is -0.459. The molecule has 1 aliphatic rings. The molecule has 4 rings (SSSR count). The molecule has 7 nitrogen and oxygen atoms in total. The van der Waals surface area contributed by atoms with Gasteiger partial charge in [-0.1, -0.05) is 56.0 Å². The fraction of sp³-hybridized carbons (Fsp3) is 0.231. The maximum absolute atomic E-state index is 12.9. The van der Waals surface area contributed by atoms with E-state index in [0.717, 1.165) is 44.8 Å². The van der Waals surface area contributed by atoms with Crippen LogP contribution in [0.2, 0.25) is 0 Å². The number of thioether (sulfide) groups is 1. The number of carboxylic acid groups (broad SMARTS) is 1. The third-order valence-corrected chi connectivity index (χ3v) is 6.80. The molecule has 1 N–H and O–H groups in total. The van der Waals surface area contributed by atoms with Crippen LogP contribution in [0.25, 0.3) is 23.0 Å². The highest BCUT2D eigenvalue weighted by Crippen LogP contribution is 2.36. The smallest absolute Gasteiger partial charge is 0.323 e. The van der Waals surface area contributed by atoms with E-state index in [1.165, 1.54) is 0 Å². The number of para-hydroxylation sites is 1. The van der Waals surface area contributed by atoms with E-state index in [4.69, 9.17) is 27.2 Å². The summed E-state index contributed by atoms with van der Waals surface area (Å²) in [7, 11) is 0. The van der Waals surface area contributed by atoms with Gasteiger partial charge in [-0.2, -0.15) is 5.10 Å². The number of aromatic nitrogens is 2. The van der Waals surface area contributed by atoms with Crippen molar-refractivity contribution < 1.29 is 19.4 Å². The van der Waals surface area contributed by atoms with Gasteiger partial charge in [0, 0.05) is 17.3 Å². The largest absolute Gasteiger partial charge is 0.494 e. The zero-order valence-corrected chi connectivity index (χ0v) is 21.2. The maximum atomic E-state index is 12.9. The highest BCUT2D eigenvalue weighted by molar-refractivity contribution is 8.26. The number of aliphatic carboxylic acids is 1. The van der Waals surface area contributed by atoms with Gasteiger partial charge in [-0.15, -0.1) is 0 Å². The van der Waals surface area contributed by atoms with Gasteiger partial charge in [0.05, 0.1) is 17.2 Å². The molecule has 0 spiro atoms. The van der Waals surface area contributed by atoms with E-state index in [1.807, 2.05) is 55.6 Å². The van der Waals surface area contributed by atoms with Gasteiger partial charge in [0.1, 0.15) is 22.3 Å². The number of rotatable bonds is 8. The molecule has 2 aromatic carbocycles. The number of nitrogens with zero attached hydrogens (tertiary/aromatic N) is 3. The second-order valence-electron chi connectivity index (χ2n) is 8.22. The Morgan fingerprint density at radius 2 is 1.97 bits per heavy atom. The Hall–Kier alpha value is -3.43. The summed E-state index contributed by atoms with van der Waals surface area (Å²) >= 11 is 6.34. The molecule has 1 amide bonds. The highest BCUT2D eigenvalue weighted by Gasteiger charge is 2.33. The average molecular weight is 508 g/mol. The number of carbonyl (C=O) groups excluding carboxylic acids is 1. The lowest BCUT2D eigenvalue weighted by Gasteiger charge is -2.14. The van der Waals surface area contributed by atoms with Crippen molar-refractivity contribution in [3.8, 4) is 22.7 Å². The fourth-order valence-electron chi connectivity index (χ4n) is 3.78. The molecule has 1 aliphatic heterocycles. The van der Waals surface area contributed by atoms with Crippen LogP contribution in [0.4, 0.5) is 0 Å². The molecule has 0 unspecified atom stereocenters. The molecule has 0 aliphatic carbocycles. The monoisotopic (exact) mass is 507 g/mol. The molecule has 0 radical (unpaired) electrons. The number of benzene rings is 2. The van der Waals surface area contributed by atoms with Crippen molar-refractivity contribution in [2.45, 2.75) is 26.7 Å². The Bertz CT molecular complexity index is 1320. The summed E-state index contributed by atoms with van der Waals surface area (Å²) in [4.78, 5) is 25.5. The van der Waals surface area contributed by atoms with Crippen LogP contribution >= 0.6 is 24.0 Å². The maximum Gasteiger partial charge on any atom is 0.323 e. The second kappa shape index (κ2) is 10.5. The first-order valence-electron chi connectivity index (χ1n) is 11.2. The molecule has 180 valence electrons. The highest BCUT2D eigenvalue weighted by atomic mass is 32.2. The van der Waals surface area contributed by atoms with E-state index in [9.17, 15) is 9.59 Å². The third kappa shape index (κ3) is 5.31. The molecule has 0 bridgehead atoms. The van der Waals surface area contributed by atoms with Gasteiger partial charge in [0.2, 0.25) is 0 Å². The summed E-state index contributed by atoms with van der Waals surface area (Å²) in [6, 6.07) is 15.7. The van der Waals surface area contributed by atoms with Crippen molar-refractivity contribution in [2.24, 2.45) is 0 Å². The van der Waals surface area contributed by atoms with Crippen LogP contribution in [0.1, 0.15) is 37.8 Å². The van der Waals surface area contributed by atoms with E-state index in [1.54, 1.807) is 10.8 Å². The van der Waals surface area contributed by atoms with Crippen LogP contribution in [0.5, 0.6) is 5.75 Å². The van der Waals surface area contributed by atoms with E-state index in [0.29, 0.717) is 17.2 Å². The number of hydrogen-bond donors (Lipinski definition) is 1. The lowest BCUT2D eigenvalue weighted by atomic mass is 9.97. The van der Waals surface area contributed by atoms with Crippen LogP contribution in [0.3, 0.4) is 0 Å². The molecule has 1 saturated heterocycles. The number of thiocarbonyl (C=S) groups is 1. The summed E-state index contributed by atoms with van der Waals surface area (Å²) < 4.78 is 7.81. The molecular formula is C26H25N3O4S2. The molecule has 0 saturated carbocycles. The van der Waals surface area contributed by atoms with Crippen molar-refractivity contribution in [3.63, 3.8) is 0 Å². The molecular weight excluding hydrogens is 482 g/mol. The lowest BCUT2D eigenvalue weighted by molar-refractivity contribution is -0.140. The van der Waals surface area contributed by atoms with Crippen molar-refractivity contribution in [1.29, 1.82) is 0 Å². The summed E-state index contributed by atoms with van der Waals surface area (Å²) in [6.07, 6.45) is 3.59. The first-order valence-corrected chi connectivity index (χ1v) is 12.4. The Labute approximate surface area is 213 Å². The van der Waals surface area contributed by atoms with Crippen LogP contribution in [-0.4, -0.2) is 49.1 Å². The minimum atomic E-state index is -1.12. The van der Waals surface area contributed by atoms with E-state index in [2.05, 4.69) is 19.9 Å². The Morgan fingerprint density at radius 3 is 2.63 bits per heavy atom. The normalized spacial score (nSPS) is 14.9. The van der Waals surface area contributed by atoms with Crippen molar-refractivity contribution in [2.75, 3.05) is 13.2 Å². The third-order valence-electron chi connectivity index (χ3n) is 5.42. The lowest BCUT2D eigenvalue weighted by Crippen LogP contribution is -2.33. The zero-order valence-electron chi connectivity index (χ0n) is 19.6. The molecule has 1 fully saturated rings. The minimum absolute atomic E-state index is 0.226. The number of hydrogen-bond acceptors (Lipinski definition) is 6. The van der Waals surface area contributed by atoms with Gasteiger partial charge in [-0.3, -0.25) is 14.5 Å². The van der Waals surface area contributed by atoms with E-state index in [-0.39, 0.29) is 10.2 Å². The van der Waals surface area contributed by atoms with Crippen LogP contribution in [-0.2, 0) is 9.59 Å². The number of carbonyl (C=O) groups is 2. The molecule has 3 aromatic rings. The van der Waals surface area contributed by atoms with Crippen molar-refractivity contribution in [3.05, 3.63) is 70.8 Å². The summed E-state index contributed by atoms with van der Waals surface area (Å²) in [5.41, 5.74) is 4.25. The molecule has 1 aromatic heterocycles. The van der Waals surface area contributed by atoms with Crippen molar-refractivity contribution in [1.82, 2.24) is 14.7 Å². The van der Waals surface area contributed by atoms with Crippen LogP contribution in [0.15, 0.2) is 59.6 Å². The number of ether oxygens (including phenoxy) is 1. The SMILES string of the molecule is CCOc1ccc(-c2nn(-c3ccccc3)cc2/C=C2\SC(=S)N(CC(=O)O)C2=O)cc1C(C)C. The molecule has 0 atom stereocenters. The Morgan fingerprint density at radius 1 is 1.23 bits per heavy atom. The van der Waals surface area contributed by atoms with Gasteiger partial charge in [0.15, 0.2) is 0 Å². The van der Waals surface area contributed by atoms with Gasteiger partial charge in [-0.25, -0.2) is 4.68 Å². The second-order valence-corrected chi connectivity index (χ2v) is 9.89. The first kappa shape index (κ1) is 24.7.